The van der Waals surface area contributed by atoms with Gasteiger partial charge in [0.05, 0.1) is 13.2 Å². The van der Waals surface area contributed by atoms with Crippen LogP contribution in [-0.4, -0.2) is 36.4 Å². The maximum absolute atomic E-state index is 12.2. The van der Waals surface area contributed by atoms with Crippen molar-refractivity contribution in [3.63, 3.8) is 0 Å². The predicted octanol–water partition coefficient (Wildman–Crippen LogP) is 3.11. The molecule has 0 aromatic carbocycles. The fraction of sp³-hybridized carbons (Fsp3) is 0.588. The van der Waals surface area contributed by atoms with E-state index in [0.717, 1.165) is 25.8 Å². The summed E-state index contributed by atoms with van der Waals surface area (Å²) in [7, 11) is 0. The molecule has 1 saturated carbocycles. The van der Waals surface area contributed by atoms with Crippen molar-refractivity contribution < 1.29 is 14.3 Å². The van der Waals surface area contributed by atoms with Gasteiger partial charge >= 0.3 is 0 Å². The molecule has 4 nitrogen and oxygen atoms in total. The van der Waals surface area contributed by atoms with Crippen LogP contribution in [0.2, 0.25) is 0 Å². The first-order chi connectivity index (χ1) is 10.6. The molecule has 5 heteroatoms. The van der Waals surface area contributed by atoms with Crippen LogP contribution in [0.4, 0.5) is 0 Å². The summed E-state index contributed by atoms with van der Waals surface area (Å²) in [6, 6.07) is 2.10. The smallest absolute Gasteiger partial charge is 0.246 e. The Morgan fingerprint density at radius 1 is 1.55 bits per heavy atom. The second-order valence-corrected chi connectivity index (χ2v) is 7.26. The number of rotatable bonds is 5. The van der Waals surface area contributed by atoms with Crippen LogP contribution in [0.5, 0.6) is 0 Å². The molecule has 1 aromatic rings. The van der Waals surface area contributed by atoms with Gasteiger partial charge in [0.2, 0.25) is 5.91 Å². The van der Waals surface area contributed by atoms with Crippen molar-refractivity contribution in [2.75, 3.05) is 19.8 Å². The highest BCUT2D eigenvalue weighted by Gasteiger charge is 2.44. The van der Waals surface area contributed by atoms with Gasteiger partial charge in [-0.1, -0.05) is 6.58 Å². The molecule has 120 valence electrons. The van der Waals surface area contributed by atoms with Crippen molar-refractivity contribution in [1.29, 1.82) is 0 Å². The van der Waals surface area contributed by atoms with Crippen LogP contribution in [0.3, 0.4) is 0 Å². The van der Waals surface area contributed by atoms with Crippen molar-refractivity contribution in [3.05, 3.63) is 34.5 Å². The minimum Gasteiger partial charge on any atom is -0.348 e. The molecular weight excluding hydrogens is 298 g/mol. The van der Waals surface area contributed by atoms with Gasteiger partial charge in [-0.2, -0.15) is 0 Å². The van der Waals surface area contributed by atoms with E-state index >= 15 is 0 Å². The monoisotopic (exact) mass is 321 g/mol. The lowest BCUT2D eigenvalue weighted by atomic mass is 10.1. The number of nitrogens with zero attached hydrogens (tertiary/aromatic N) is 1. The van der Waals surface area contributed by atoms with Gasteiger partial charge in [-0.05, 0) is 42.3 Å². The summed E-state index contributed by atoms with van der Waals surface area (Å²) in [5.41, 5.74) is 1.22. The Hall–Kier alpha value is -1.17. The molecule has 0 radical (unpaired) electrons. The quantitative estimate of drug-likeness (QED) is 0.782. The van der Waals surface area contributed by atoms with Gasteiger partial charge < -0.3 is 14.4 Å². The van der Waals surface area contributed by atoms with E-state index in [1.807, 2.05) is 4.90 Å². The number of amides is 1. The second kappa shape index (κ2) is 6.52. The van der Waals surface area contributed by atoms with E-state index in [-0.39, 0.29) is 11.7 Å². The molecule has 3 rings (SSSR count). The highest BCUT2D eigenvalue weighted by molar-refractivity contribution is 7.10. The summed E-state index contributed by atoms with van der Waals surface area (Å²) >= 11 is 1.72. The summed E-state index contributed by atoms with van der Waals surface area (Å²) in [6.45, 7) is 8.52. The van der Waals surface area contributed by atoms with Crippen LogP contribution >= 0.6 is 11.3 Å². The minimum atomic E-state index is -0.369. The number of carbonyl (C=O) groups excluding carboxylic acids is 1. The lowest BCUT2D eigenvalue weighted by Gasteiger charge is -2.26. The maximum Gasteiger partial charge on any atom is 0.246 e. The summed E-state index contributed by atoms with van der Waals surface area (Å²) in [5.74, 6) is 0.0621. The van der Waals surface area contributed by atoms with E-state index in [1.54, 1.807) is 11.3 Å². The SMILES string of the molecule is C=CC(=O)N(Cc1ccsc1C)CC1CCC2(C1)OCCO2. The van der Waals surface area contributed by atoms with Gasteiger partial charge in [-0.25, -0.2) is 0 Å². The van der Waals surface area contributed by atoms with E-state index in [0.29, 0.717) is 25.7 Å². The summed E-state index contributed by atoms with van der Waals surface area (Å²) in [5, 5.41) is 2.08. The van der Waals surface area contributed by atoms with Gasteiger partial charge in [0.1, 0.15) is 0 Å². The Morgan fingerprint density at radius 3 is 2.95 bits per heavy atom. The lowest BCUT2D eigenvalue weighted by molar-refractivity contribution is -0.153. The normalized spacial score (nSPS) is 23.0. The summed E-state index contributed by atoms with van der Waals surface area (Å²) < 4.78 is 11.6. The molecule has 1 aliphatic carbocycles. The number of carbonyl (C=O) groups is 1. The van der Waals surface area contributed by atoms with Crippen molar-refractivity contribution in [2.24, 2.45) is 5.92 Å². The number of hydrogen-bond donors (Lipinski definition) is 0. The lowest BCUT2D eigenvalue weighted by Crippen LogP contribution is -2.34. The first kappa shape index (κ1) is 15.7. The fourth-order valence-electron chi connectivity index (χ4n) is 3.44. The Morgan fingerprint density at radius 2 is 2.32 bits per heavy atom. The zero-order valence-electron chi connectivity index (χ0n) is 13.0. The van der Waals surface area contributed by atoms with E-state index in [2.05, 4.69) is 24.9 Å². The van der Waals surface area contributed by atoms with E-state index < -0.39 is 0 Å². The Kier molecular flexibility index (Phi) is 4.66. The van der Waals surface area contributed by atoms with Crippen molar-refractivity contribution in [3.8, 4) is 0 Å². The van der Waals surface area contributed by atoms with Crippen molar-refractivity contribution >= 4 is 17.2 Å². The molecule has 1 aliphatic heterocycles. The minimum absolute atomic E-state index is 0.000177. The van der Waals surface area contributed by atoms with Crippen molar-refractivity contribution in [1.82, 2.24) is 4.90 Å². The molecule has 0 N–H and O–H groups in total. The van der Waals surface area contributed by atoms with Crippen molar-refractivity contribution in [2.45, 2.75) is 38.5 Å². The molecule has 22 heavy (non-hydrogen) atoms. The Labute approximate surface area is 135 Å². The van der Waals surface area contributed by atoms with Gasteiger partial charge in [0.25, 0.3) is 0 Å². The topological polar surface area (TPSA) is 38.8 Å². The van der Waals surface area contributed by atoms with E-state index in [1.165, 1.54) is 16.5 Å². The maximum atomic E-state index is 12.2. The standard InChI is InChI=1S/C17H23NO3S/c1-3-16(19)18(12-15-5-9-22-13(15)2)11-14-4-6-17(10-14)20-7-8-21-17/h3,5,9,14H,1,4,6-8,10-12H2,2H3. The molecule has 2 heterocycles. The second-order valence-electron chi connectivity index (χ2n) is 6.14. The molecule has 1 aromatic heterocycles. The molecule has 1 unspecified atom stereocenters. The number of aryl methyl sites for hydroxylation is 1. The molecule has 2 fully saturated rings. The van der Waals surface area contributed by atoms with Crippen LogP contribution in [-0.2, 0) is 20.8 Å². The highest BCUT2D eigenvalue weighted by atomic mass is 32.1. The molecule has 1 spiro atoms. The van der Waals surface area contributed by atoms with E-state index in [9.17, 15) is 4.79 Å². The zero-order chi connectivity index (χ0) is 15.6. The molecule has 0 bridgehead atoms. The molecule has 1 saturated heterocycles. The van der Waals surface area contributed by atoms with Gasteiger partial charge in [0.15, 0.2) is 5.79 Å². The largest absolute Gasteiger partial charge is 0.348 e. The third-order valence-corrected chi connectivity index (χ3v) is 5.53. The first-order valence-corrected chi connectivity index (χ1v) is 8.72. The van der Waals surface area contributed by atoms with Crippen LogP contribution in [0.25, 0.3) is 0 Å². The van der Waals surface area contributed by atoms with Crippen LogP contribution in [0.15, 0.2) is 24.1 Å². The number of thiophene rings is 1. The highest BCUT2D eigenvalue weighted by Crippen LogP contribution is 2.41. The third kappa shape index (κ3) is 3.26. The zero-order valence-corrected chi connectivity index (χ0v) is 13.9. The van der Waals surface area contributed by atoms with Gasteiger partial charge in [0, 0.05) is 30.8 Å². The van der Waals surface area contributed by atoms with E-state index in [4.69, 9.17) is 9.47 Å². The van der Waals surface area contributed by atoms with Crippen LogP contribution < -0.4 is 0 Å². The first-order valence-electron chi connectivity index (χ1n) is 7.84. The third-order valence-electron chi connectivity index (χ3n) is 4.64. The number of hydrogen-bond acceptors (Lipinski definition) is 4. The van der Waals surface area contributed by atoms with Crippen LogP contribution in [0, 0.1) is 12.8 Å². The molecule has 1 amide bonds. The van der Waals surface area contributed by atoms with Gasteiger partial charge in [-0.3, -0.25) is 4.79 Å². The average molecular weight is 321 g/mol. The number of ether oxygens (including phenoxy) is 2. The summed E-state index contributed by atoms with van der Waals surface area (Å²) in [6.07, 6.45) is 4.28. The molecular formula is C17H23NO3S. The Bertz CT molecular complexity index is 548. The average Bonchev–Trinajstić information content (AvgIpc) is 3.23. The Balaban J connectivity index is 1.64. The fourth-order valence-corrected chi connectivity index (χ4v) is 4.16. The molecule has 2 aliphatic rings. The predicted molar refractivity (Wildman–Crippen MR) is 86.6 cm³/mol. The van der Waals surface area contributed by atoms with Crippen LogP contribution in [0.1, 0.15) is 29.7 Å². The molecule has 1 atom stereocenters. The summed E-state index contributed by atoms with van der Waals surface area (Å²) in [4.78, 5) is 15.4. The van der Waals surface area contributed by atoms with Gasteiger partial charge in [-0.15, -0.1) is 11.3 Å².